The number of hydrogen-bond donors (Lipinski definition) is 1. The van der Waals surface area contributed by atoms with Crippen LogP contribution in [0, 0.1) is 0 Å². The molecule has 0 aliphatic carbocycles. The highest BCUT2D eigenvalue weighted by Gasteiger charge is 2.20. The molecule has 5 heteroatoms. The fraction of sp³-hybridized carbons (Fsp3) is 0.357. The number of aromatic nitrogens is 2. The van der Waals surface area contributed by atoms with Gasteiger partial charge in [-0.15, -0.1) is 0 Å². The van der Waals surface area contributed by atoms with Crippen molar-refractivity contribution in [1.29, 1.82) is 0 Å². The molecule has 0 bridgehead atoms. The van der Waals surface area contributed by atoms with Gasteiger partial charge in [-0.2, -0.15) is 0 Å². The summed E-state index contributed by atoms with van der Waals surface area (Å²) in [5.74, 6) is 2.52. The smallest absolute Gasteiger partial charge is 0.146 e. The molecule has 0 amide bonds. The van der Waals surface area contributed by atoms with Crippen LogP contribution in [0.3, 0.4) is 0 Å². The van der Waals surface area contributed by atoms with Gasteiger partial charge in [-0.05, 0) is 19.1 Å². The number of nitrogens with two attached hydrogens (primary N) is 1. The second-order valence-corrected chi connectivity index (χ2v) is 4.54. The second kappa shape index (κ2) is 4.93. The molecule has 1 aliphatic heterocycles. The Bertz CT molecular complexity index is 580. The van der Waals surface area contributed by atoms with Crippen LogP contribution >= 0.6 is 0 Å². The topological polar surface area (TPSA) is 62.3 Å². The lowest BCUT2D eigenvalue weighted by molar-refractivity contribution is 0.286. The summed E-state index contributed by atoms with van der Waals surface area (Å²) in [5, 5.41) is 0. The van der Waals surface area contributed by atoms with Gasteiger partial charge in [0, 0.05) is 30.6 Å². The van der Waals surface area contributed by atoms with Crippen LogP contribution in [-0.2, 0) is 13.2 Å². The van der Waals surface area contributed by atoms with Crippen LogP contribution in [0.1, 0.15) is 24.4 Å². The Hall–Kier alpha value is -2.01. The van der Waals surface area contributed by atoms with Gasteiger partial charge >= 0.3 is 0 Å². The molecule has 3 rings (SSSR count). The molecular weight excluding hydrogens is 242 g/mol. The van der Waals surface area contributed by atoms with Crippen LogP contribution in [0.15, 0.2) is 30.6 Å². The van der Waals surface area contributed by atoms with E-state index in [1.54, 1.807) is 6.20 Å². The molecule has 2 aromatic rings. The van der Waals surface area contributed by atoms with Gasteiger partial charge in [-0.25, -0.2) is 4.98 Å². The fourth-order valence-electron chi connectivity index (χ4n) is 2.22. The van der Waals surface area contributed by atoms with Crippen molar-refractivity contribution in [1.82, 2.24) is 9.55 Å². The van der Waals surface area contributed by atoms with Crippen molar-refractivity contribution in [3.05, 3.63) is 42.0 Å². The maximum absolute atomic E-state index is 5.91. The van der Waals surface area contributed by atoms with Crippen molar-refractivity contribution >= 4 is 0 Å². The Morgan fingerprint density at radius 3 is 3.26 bits per heavy atom. The van der Waals surface area contributed by atoms with Crippen LogP contribution in [0.25, 0.3) is 0 Å². The highest BCUT2D eigenvalue weighted by molar-refractivity contribution is 5.44. The van der Waals surface area contributed by atoms with Gasteiger partial charge in [-0.3, -0.25) is 0 Å². The average molecular weight is 259 g/mol. The molecule has 0 radical (unpaired) electrons. The third-order valence-corrected chi connectivity index (χ3v) is 3.31. The molecule has 19 heavy (non-hydrogen) atoms. The standard InChI is InChI=1S/C14H17N3O2/c1-2-17-6-5-16-14(17)9-18-10-3-4-11-12(15)8-19-13(11)7-10/h3-7,12H,2,8-9,15H2,1H3. The number of aryl methyl sites for hydroxylation is 1. The number of hydrogen-bond acceptors (Lipinski definition) is 4. The summed E-state index contributed by atoms with van der Waals surface area (Å²) in [6.45, 7) is 3.96. The van der Waals surface area contributed by atoms with E-state index < -0.39 is 0 Å². The maximum atomic E-state index is 5.91. The molecule has 1 atom stereocenters. The molecule has 1 aliphatic rings. The van der Waals surface area contributed by atoms with E-state index in [0.29, 0.717) is 13.2 Å². The Morgan fingerprint density at radius 1 is 1.53 bits per heavy atom. The van der Waals surface area contributed by atoms with Crippen molar-refractivity contribution in [2.75, 3.05) is 6.61 Å². The molecule has 1 aromatic heterocycles. The lowest BCUT2D eigenvalue weighted by Gasteiger charge is -2.09. The monoisotopic (exact) mass is 259 g/mol. The minimum Gasteiger partial charge on any atom is -0.491 e. The molecule has 5 nitrogen and oxygen atoms in total. The molecule has 0 saturated heterocycles. The van der Waals surface area contributed by atoms with Gasteiger partial charge in [-0.1, -0.05) is 0 Å². The van der Waals surface area contributed by atoms with Crippen LogP contribution in [0.5, 0.6) is 11.5 Å². The van der Waals surface area contributed by atoms with Gasteiger partial charge < -0.3 is 19.8 Å². The number of ether oxygens (including phenoxy) is 2. The molecule has 2 heterocycles. The zero-order chi connectivity index (χ0) is 13.2. The molecular formula is C14H17N3O2. The Labute approximate surface area is 112 Å². The van der Waals surface area contributed by atoms with Gasteiger partial charge in [0.1, 0.15) is 30.5 Å². The van der Waals surface area contributed by atoms with Gasteiger partial charge in [0.15, 0.2) is 0 Å². The highest BCUT2D eigenvalue weighted by atomic mass is 16.5. The first-order valence-corrected chi connectivity index (χ1v) is 6.43. The molecule has 1 unspecified atom stereocenters. The van der Waals surface area contributed by atoms with E-state index in [1.807, 2.05) is 24.4 Å². The van der Waals surface area contributed by atoms with E-state index in [2.05, 4.69) is 16.5 Å². The normalized spacial score (nSPS) is 17.1. The number of imidazole rings is 1. The maximum Gasteiger partial charge on any atom is 0.146 e. The van der Waals surface area contributed by atoms with E-state index in [1.165, 1.54) is 0 Å². The minimum atomic E-state index is -0.0250. The first kappa shape index (κ1) is 12.0. The summed E-state index contributed by atoms with van der Waals surface area (Å²) in [6, 6.07) is 5.76. The predicted octanol–water partition coefficient (Wildman–Crippen LogP) is 1.87. The zero-order valence-electron chi connectivity index (χ0n) is 10.9. The second-order valence-electron chi connectivity index (χ2n) is 4.54. The van der Waals surface area contributed by atoms with E-state index in [4.69, 9.17) is 15.2 Å². The molecule has 0 saturated carbocycles. The highest BCUT2D eigenvalue weighted by Crippen LogP contribution is 2.34. The lowest BCUT2D eigenvalue weighted by Crippen LogP contribution is -2.10. The van der Waals surface area contributed by atoms with Crippen molar-refractivity contribution in [3.8, 4) is 11.5 Å². The third-order valence-electron chi connectivity index (χ3n) is 3.31. The van der Waals surface area contributed by atoms with Crippen LogP contribution < -0.4 is 15.2 Å². The summed E-state index contributed by atoms with van der Waals surface area (Å²) >= 11 is 0. The molecule has 0 spiro atoms. The van der Waals surface area contributed by atoms with Crippen molar-refractivity contribution in [2.45, 2.75) is 26.1 Å². The zero-order valence-corrected chi connectivity index (χ0v) is 10.9. The van der Waals surface area contributed by atoms with E-state index in [-0.39, 0.29) is 6.04 Å². The van der Waals surface area contributed by atoms with Crippen LogP contribution in [-0.4, -0.2) is 16.2 Å². The predicted molar refractivity (Wildman–Crippen MR) is 71.1 cm³/mol. The van der Waals surface area contributed by atoms with Gasteiger partial charge in [0.05, 0.1) is 6.04 Å². The first-order valence-electron chi connectivity index (χ1n) is 6.43. The number of nitrogens with zero attached hydrogens (tertiary/aromatic N) is 2. The van der Waals surface area contributed by atoms with Crippen LogP contribution in [0.2, 0.25) is 0 Å². The summed E-state index contributed by atoms with van der Waals surface area (Å²) < 4.78 is 13.3. The van der Waals surface area contributed by atoms with Crippen molar-refractivity contribution < 1.29 is 9.47 Å². The summed E-state index contributed by atoms with van der Waals surface area (Å²) in [5.41, 5.74) is 6.95. The molecule has 0 fully saturated rings. The Morgan fingerprint density at radius 2 is 2.42 bits per heavy atom. The minimum absolute atomic E-state index is 0.0250. The fourth-order valence-corrected chi connectivity index (χ4v) is 2.22. The quantitative estimate of drug-likeness (QED) is 0.910. The summed E-state index contributed by atoms with van der Waals surface area (Å²) in [4.78, 5) is 4.27. The summed E-state index contributed by atoms with van der Waals surface area (Å²) in [7, 11) is 0. The summed E-state index contributed by atoms with van der Waals surface area (Å²) in [6.07, 6.45) is 3.73. The van der Waals surface area contributed by atoms with Gasteiger partial charge in [0.2, 0.25) is 0 Å². The van der Waals surface area contributed by atoms with E-state index in [9.17, 15) is 0 Å². The molecule has 100 valence electrons. The van der Waals surface area contributed by atoms with Crippen LogP contribution in [0.4, 0.5) is 0 Å². The average Bonchev–Trinajstić information content (AvgIpc) is 3.03. The Kier molecular flexibility index (Phi) is 3.13. The van der Waals surface area contributed by atoms with Gasteiger partial charge in [0.25, 0.3) is 0 Å². The Balaban J connectivity index is 1.71. The largest absolute Gasteiger partial charge is 0.491 e. The van der Waals surface area contributed by atoms with Crippen molar-refractivity contribution in [3.63, 3.8) is 0 Å². The molecule has 1 aromatic carbocycles. The van der Waals surface area contributed by atoms with E-state index >= 15 is 0 Å². The number of rotatable bonds is 4. The first-order chi connectivity index (χ1) is 9.28. The SMILES string of the molecule is CCn1ccnc1COc1ccc2c(c1)OCC2N. The van der Waals surface area contributed by atoms with Crippen molar-refractivity contribution in [2.24, 2.45) is 5.73 Å². The third kappa shape index (κ3) is 2.29. The number of benzene rings is 1. The van der Waals surface area contributed by atoms with E-state index in [0.717, 1.165) is 29.4 Å². The molecule has 2 N–H and O–H groups in total. The number of fused-ring (bicyclic) bond motifs is 1. The lowest BCUT2D eigenvalue weighted by atomic mass is 10.1.